The van der Waals surface area contributed by atoms with E-state index in [1.54, 1.807) is 24.7 Å². The summed E-state index contributed by atoms with van der Waals surface area (Å²) in [6.07, 6.45) is 5.86. The standard InChI is InChI=1S/C27H26N6O2/c1-19(34)32-23-9-7-21(8-10-23)25-12-11-24(27(35)31-18-20-5-4-14-28-17-20)26(33-25)30-16-13-22-6-2-3-15-29-22/h2-12,14-15,17H,13,16,18H2,1H3,(H,30,33)(H,31,35)(H,32,34). The lowest BCUT2D eigenvalue weighted by Crippen LogP contribution is -2.25. The van der Waals surface area contributed by atoms with E-state index < -0.39 is 0 Å². The Balaban J connectivity index is 1.54. The average molecular weight is 467 g/mol. The molecule has 8 heteroatoms. The molecule has 0 bridgehead atoms. The largest absolute Gasteiger partial charge is 0.369 e. The molecule has 0 aliphatic rings. The lowest BCUT2D eigenvalue weighted by Gasteiger charge is -2.14. The van der Waals surface area contributed by atoms with E-state index in [-0.39, 0.29) is 11.8 Å². The molecule has 4 aromatic rings. The first kappa shape index (κ1) is 23.6. The van der Waals surface area contributed by atoms with Crippen molar-refractivity contribution in [3.63, 3.8) is 0 Å². The summed E-state index contributed by atoms with van der Waals surface area (Å²) in [5.74, 6) is 0.138. The number of nitrogens with zero attached hydrogens (tertiary/aromatic N) is 3. The molecule has 2 amide bonds. The zero-order valence-electron chi connectivity index (χ0n) is 19.4. The van der Waals surface area contributed by atoms with E-state index >= 15 is 0 Å². The molecular formula is C27H26N6O2. The monoisotopic (exact) mass is 466 g/mol. The summed E-state index contributed by atoms with van der Waals surface area (Å²) in [7, 11) is 0. The maximum absolute atomic E-state index is 13.0. The van der Waals surface area contributed by atoms with Crippen LogP contribution in [-0.2, 0) is 17.8 Å². The van der Waals surface area contributed by atoms with Gasteiger partial charge in [-0.15, -0.1) is 0 Å². The molecule has 0 saturated carbocycles. The third kappa shape index (κ3) is 6.70. The van der Waals surface area contributed by atoms with Crippen molar-refractivity contribution in [2.75, 3.05) is 17.2 Å². The van der Waals surface area contributed by atoms with E-state index in [0.29, 0.717) is 42.3 Å². The van der Waals surface area contributed by atoms with Gasteiger partial charge in [-0.05, 0) is 48.0 Å². The molecule has 176 valence electrons. The third-order valence-corrected chi connectivity index (χ3v) is 5.22. The fourth-order valence-corrected chi connectivity index (χ4v) is 3.50. The second kappa shape index (κ2) is 11.5. The molecule has 0 saturated heterocycles. The number of amides is 2. The van der Waals surface area contributed by atoms with Crippen LogP contribution < -0.4 is 16.0 Å². The number of pyridine rings is 3. The van der Waals surface area contributed by atoms with E-state index in [2.05, 4.69) is 25.9 Å². The van der Waals surface area contributed by atoms with Gasteiger partial charge >= 0.3 is 0 Å². The lowest BCUT2D eigenvalue weighted by molar-refractivity contribution is -0.114. The fraction of sp³-hybridized carbons (Fsp3) is 0.148. The molecule has 3 heterocycles. The predicted octanol–water partition coefficient (Wildman–Crippen LogP) is 4.08. The van der Waals surface area contributed by atoms with Gasteiger partial charge in [0.25, 0.3) is 5.91 Å². The smallest absolute Gasteiger partial charge is 0.255 e. The van der Waals surface area contributed by atoms with Gasteiger partial charge in [0.15, 0.2) is 0 Å². The fourth-order valence-electron chi connectivity index (χ4n) is 3.50. The summed E-state index contributed by atoms with van der Waals surface area (Å²) in [5.41, 5.74) is 4.61. The molecule has 0 atom stereocenters. The van der Waals surface area contributed by atoms with Crippen molar-refractivity contribution in [3.05, 3.63) is 102 Å². The van der Waals surface area contributed by atoms with Crippen molar-refractivity contribution in [2.24, 2.45) is 0 Å². The Bertz CT molecular complexity index is 1280. The van der Waals surface area contributed by atoms with Gasteiger partial charge in [-0.2, -0.15) is 0 Å². The number of rotatable bonds is 9. The number of carbonyl (C=O) groups is 2. The van der Waals surface area contributed by atoms with Crippen molar-refractivity contribution in [1.29, 1.82) is 0 Å². The molecule has 0 aliphatic heterocycles. The van der Waals surface area contributed by atoms with Crippen LogP contribution in [0.2, 0.25) is 0 Å². The highest BCUT2D eigenvalue weighted by molar-refractivity contribution is 5.99. The Morgan fingerprint density at radius 1 is 0.914 bits per heavy atom. The van der Waals surface area contributed by atoms with Gasteiger partial charge in [-0.3, -0.25) is 19.6 Å². The molecule has 1 aromatic carbocycles. The van der Waals surface area contributed by atoms with Crippen LogP contribution in [-0.4, -0.2) is 33.3 Å². The van der Waals surface area contributed by atoms with Crippen molar-refractivity contribution in [1.82, 2.24) is 20.3 Å². The van der Waals surface area contributed by atoms with Gasteiger partial charge in [0, 0.05) is 62.0 Å². The van der Waals surface area contributed by atoms with E-state index in [1.807, 2.05) is 60.7 Å². The quantitative estimate of drug-likeness (QED) is 0.343. The third-order valence-electron chi connectivity index (χ3n) is 5.22. The van der Waals surface area contributed by atoms with Crippen molar-refractivity contribution in [2.45, 2.75) is 19.9 Å². The molecule has 8 nitrogen and oxygen atoms in total. The molecule has 0 unspecified atom stereocenters. The number of carbonyl (C=O) groups excluding carboxylic acids is 2. The van der Waals surface area contributed by atoms with E-state index in [9.17, 15) is 9.59 Å². The topological polar surface area (TPSA) is 109 Å². The maximum Gasteiger partial charge on any atom is 0.255 e. The molecule has 0 spiro atoms. The summed E-state index contributed by atoms with van der Waals surface area (Å²) in [5, 5.41) is 9.00. The second-order valence-corrected chi connectivity index (χ2v) is 7.89. The van der Waals surface area contributed by atoms with E-state index in [1.165, 1.54) is 6.92 Å². The summed E-state index contributed by atoms with van der Waals surface area (Å²) in [4.78, 5) is 37.5. The minimum absolute atomic E-state index is 0.128. The van der Waals surface area contributed by atoms with Crippen LogP contribution in [0.25, 0.3) is 11.3 Å². The molecule has 0 radical (unpaired) electrons. The van der Waals surface area contributed by atoms with Crippen LogP contribution in [0, 0.1) is 0 Å². The Hall–Kier alpha value is -4.59. The summed E-state index contributed by atoms with van der Waals surface area (Å²) in [6.45, 7) is 2.40. The van der Waals surface area contributed by atoms with Crippen molar-refractivity contribution < 1.29 is 9.59 Å². The van der Waals surface area contributed by atoms with E-state index in [0.717, 1.165) is 16.8 Å². The van der Waals surface area contributed by atoms with Gasteiger partial charge < -0.3 is 16.0 Å². The number of hydrogen-bond acceptors (Lipinski definition) is 6. The van der Waals surface area contributed by atoms with Crippen molar-refractivity contribution in [3.8, 4) is 11.3 Å². The van der Waals surface area contributed by atoms with Crippen LogP contribution in [0.4, 0.5) is 11.5 Å². The van der Waals surface area contributed by atoms with Crippen molar-refractivity contribution >= 4 is 23.3 Å². The lowest BCUT2D eigenvalue weighted by atomic mass is 10.1. The van der Waals surface area contributed by atoms with Gasteiger partial charge in [0.05, 0.1) is 11.3 Å². The Morgan fingerprint density at radius 2 is 1.77 bits per heavy atom. The Labute approximate surface area is 203 Å². The van der Waals surface area contributed by atoms with Gasteiger partial charge in [-0.25, -0.2) is 4.98 Å². The van der Waals surface area contributed by atoms with Crippen LogP contribution in [0.15, 0.2) is 85.3 Å². The first-order chi connectivity index (χ1) is 17.1. The molecule has 3 N–H and O–H groups in total. The second-order valence-electron chi connectivity index (χ2n) is 7.89. The highest BCUT2D eigenvalue weighted by Gasteiger charge is 2.15. The Kier molecular flexibility index (Phi) is 7.75. The molecule has 0 fully saturated rings. The first-order valence-corrected chi connectivity index (χ1v) is 11.3. The summed E-state index contributed by atoms with van der Waals surface area (Å²) >= 11 is 0. The molecule has 0 aliphatic carbocycles. The van der Waals surface area contributed by atoms with E-state index in [4.69, 9.17) is 4.98 Å². The first-order valence-electron chi connectivity index (χ1n) is 11.3. The molecule has 35 heavy (non-hydrogen) atoms. The molecular weight excluding hydrogens is 440 g/mol. The minimum Gasteiger partial charge on any atom is -0.369 e. The maximum atomic E-state index is 13.0. The zero-order chi connectivity index (χ0) is 24.5. The Morgan fingerprint density at radius 3 is 2.49 bits per heavy atom. The number of anilines is 2. The van der Waals surface area contributed by atoms with Gasteiger partial charge in [0.2, 0.25) is 5.91 Å². The molecule has 3 aromatic heterocycles. The summed E-state index contributed by atoms with van der Waals surface area (Å²) < 4.78 is 0. The number of benzene rings is 1. The molecule has 4 rings (SSSR count). The van der Waals surface area contributed by atoms with Gasteiger partial charge in [-0.1, -0.05) is 24.3 Å². The SMILES string of the molecule is CC(=O)Nc1ccc(-c2ccc(C(=O)NCc3cccnc3)c(NCCc3ccccn3)n2)cc1. The highest BCUT2D eigenvalue weighted by atomic mass is 16.2. The summed E-state index contributed by atoms with van der Waals surface area (Å²) in [6, 6.07) is 20.5. The predicted molar refractivity (Wildman–Crippen MR) is 136 cm³/mol. The number of nitrogens with one attached hydrogen (secondary N) is 3. The minimum atomic E-state index is -0.228. The van der Waals surface area contributed by atoms with Crippen LogP contribution >= 0.6 is 0 Å². The van der Waals surface area contributed by atoms with Crippen LogP contribution in [0.5, 0.6) is 0 Å². The average Bonchev–Trinajstić information content (AvgIpc) is 2.88. The zero-order valence-corrected chi connectivity index (χ0v) is 19.4. The highest BCUT2D eigenvalue weighted by Crippen LogP contribution is 2.24. The van der Waals surface area contributed by atoms with Crippen LogP contribution in [0.3, 0.4) is 0 Å². The van der Waals surface area contributed by atoms with Crippen LogP contribution in [0.1, 0.15) is 28.5 Å². The number of aromatic nitrogens is 3. The normalized spacial score (nSPS) is 10.4. The number of hydrogen-bond donors (Lipinski definition) is 3. The van der Waals surface area contributed by atoms with Gasteiger partial charge in [0.1, 0.15) is 5.82 Å².